The molecule has 0 aromatic carbocycles. The number of rotatable bonds is 5. The van der Waals surface area contributed by atoms with E-state index in [1.165, 1.54) is 11.8 Å². The third-order valence-electron chi connectivity index (χ3n) is 2.69. The van der Waals surface area contributed by atoms with Crippen molar-refractivity contribution in [3.63, 3.8) is 0 Å². The van der Waals surface area contributed by atoms with Crippen LogP contribution < -0.4 is 5.32 Å². The van der Waals surface area contributed by atoms with Crippen molar-refractivity contribution in [2.24, 2.45) is 0 Å². The first kappa shape index (κ1) is 13.4. The van der Waals surface area contributed by atoms with Crippen molar-refractivity contribution in [2.45, 2.75) is 18.2 Å². The van der Waals surface area contributed by atoms with E-state index in [0.29, 0.717) is 18.7 Å². The maximum Gasteiger partial charge on any atom is 0.230 e. The van der Waals surface area contributed by atoms with Gasteiger partial charge in [-0.1, -0.05) is 0 Å². The summed E-state index contributed by atoms with van der Waals surface area (Å²) in [6, 6.07) is 0. The average Bonchev–Trinajstić information content (AvgIpc) is 2.93. The molecule has 1 atom stereocenters. The van der Waals surface area contributed by atoms with Crippen LogP contribution in [0, 0.1) is 0 Å². The second-order valence-corrected chi connectivity index (χ2v) is 7.74. The molecular formula is C10H15N3O3S2. The van der Waals surface area contributed by atoms with Crippen LogP contribution in [0.1, 0.15) is 12.0 Å². The van der Waals surface area contributed by atoms with Crippen LogP contribution in [0.2, 0.25) is 0 Å². The van der Waals surface area contributed by atoms with Gasteiger partial charge in [-0.2, -0.15) is 5.10 Å². The zero-order valence-electron chi connectivity index (χ0n) is 9.76. The van der Waals surface area contributed by atoms with Crippen molar-refractivity contribution in [3.05, 3.63) is 18.0 Å². The molecule has 1 amide bonds. The Hall–Kier alpha value is -1.02. The summed E-state index contributed by atoms with van der Waals surface area (Å²) in [5, 5.41) is 9.27. The second-order valence-electron chi connectivity index (χ2n) is 4.22. The van der Waals surface area contributed by atoms with Gasteiger partial charge in [-0.05, 0) is 6.42 Å². The fourth-order valence-electron chi connectivity index (χ4n) is 1.71. The maximum atomic E-state index is 11.5. The Morgan fingerprint density at radius 2 is 2.44 bits per heavy atom. The Kier molecular flexibility index (Phi) is 4.28. The van der Waals surface area contributed by atoms with Crippen LogP contribution in [0.15, 0.2) is 12.4 Å². The maximum absolute atomic E-state index is 11.5. The van der Waals surface area contributed by atoms with E-state index in [1.54, 1.807) is 12.4 Å². The largest absolute Gasteiger partial charge is 0.351 e. The van der Waals surface area contributed by atoms with Gasteiger partial charge in [-0.25, -0.2) is 8.42 Å². The van der Waals surface area contributed by atoms with Gasteiger partial charge in [0, 0.05) is 23.6 Å². The zero-order valence-corrected chi connectivity index (χ0v) is 11.4. The lowest BCUT2D eigenvalue weighted by atomic mass is 10.3. The number of sulfone groups is 1. The summed E-state index contributed by atoms with van der Waals surface area (Å²) in [6.07, 6.45) is 4.02. The predicted molar refractivity (Wildman–Crippen MR) is 70.0 cm³/mol. The number of hydrogen-bond donors (Lipinski definition) is 2. The lowest BCUT2D eigenvalue weighted by Crippen LogP contribution is -2.25. The third-order valence-corrected chi connectivity index (χ3v) is 5.97. The second kappa shape index (κ2) is 5.75. The highest BCUT2D eigenvalue weighted by Crippen LogP contribution is 2.23. The van der Waals surface area contributed by atoms with E-state index in [0.717, 1.165) is 5.56 Å². The number of thioether (sulfide) groups is 1. The van der Waals surface area contributed by atoms with Gasteiger partial charge in [0.1, 0.15) is 0 Å². The molecule has 1 saturated heterocycles. The van der Waals surface area contributed by atoms with Gasteiger partial charge in [0.05, 0.1) is 23.5 Å². The van der Waals surface area contributed by atoms with Crippen LogP contribution in [0.5, 0.6) is 0 Å². The van der Waals surface area contributed by atoms with E-state index in [9.17, 15) is 13.2 Å². The van der Waals surface area contributed by atoms with Gasteiger partial charge in [0.25, 0.3) is 0 Å². The van der Waals surface area contributed by atoms with Gasteiger partial charge in [-0.15, -0.1) is 11.8 Å². The molecule has 1 aromatic rings. The zero-order chi connectivity index (χ0) is 13.0. The van der Waals surface area contributed by atoms with Gasteiger partial charge < -0.3 is 5.32 Å². The summed E-state index contributed by atoms with van der Waals surface area (Å²) in [4.78, 5) is 11.5. The number of carbonyl (C=O) groups excluding carboxylic acids is 1. The fourth-order valence-corrected chi connectivity index (χ4v) is 5.19. The van der Waals surface area contributed by atoms with Crippen LogP contribution in [0.25, 0.3) is 0 Å². The Bertz CT molecular complexity index is 498. The first-order chi connectivity index (χ1) is 8.55. The molecule has 0 radical (unpaired) electrons. The van der Waals surface area contributed by atoms with Crippen molar-refractivity contribution >= 4 is 27.5 Å². The number of amides is 1. The van der Waals surface area contributed by atoms with Crippen molar-refractivity contribution in [3.8, 4) is 0 Å². The normalized spacial score (nSPS) is 21.9. The monoisotopic (exact) mass is 289 g/mol. The van der Waals surface area contributed by atoms with E-state index in [1.807, 2.05) is 0 Å². The topological polar surface area (TPSA) is 91.9 Å². The lowest BCUT2D eigenvalue weighted by molar-refractivity contribution is -0.118. The summed E-state index contributed by atoms with van der Waals surface area (Å²) in [6.45, 7) is 0.443. The summed E-state index contributed by atoms with van der Waals surface area (Å²) < 4.78 is 22.5. The minimum absolute atomic E-state index is 0.0645. The molecule has 6 nitrogen and oxygen atoms in total. The van der Waals surface area contributed by atoms with Crippen LogP contribution >= 0.6 is 11.8 Å². The summed E-state index contributed by atoms with van der Waals surface area (Å²) in [5.41, 5.74) is 0.914. The number of aromatic nitrogens is 2. The molecule has 0 saturated carbocycles. The standard InChI is InChI=1S/C10H15N3O3S2/c14-10(11-3-8-4-12-13-5-8)6-17-9-1-2-18(15,16)7-9/h4-5,9H,1-3,6-7H2,(H,11,14)(H,12,13). The first-order valence-corrected chi connectivity index (χ1v) is 8.48. The molecule has 0 aliphatic carbocycles. The van der Waals surface area contributed by atoms with Crippen LogP contribution in [0.4, 0.5) is 0 Å². The molecule has 0 bridgehead atoms. The number of nitrogens with zero attached hydrogens (tertiary/aromatic N) is 1. The van der Waals surface area contributed by atoms with E-state index in [2.05, 4.69) is 15.5 Å². The SMILES string of the molecule is O=C(CSC1CCS(=O)(=O)C1)NCc1cn[nH]c1. The fraction of sp³-hybridized carbons (Fsp3) is 0.600. The summed E-state index contributed by atoms with van der Waals surface area (Å²) >= 11 is 1.42. The molecule has 18 heavy (non-hydrogen) atoms. The number of H-pyrrole nitrogens is 1. The highest BCUT2D eigenvalue weighted by Gasteiger charge is 2.28. The van der Waals surface area contributed by atoms with Crippen LogP contribution in [-0.2, 0) is 21.2 Å². The van der Waals surface area contributed by atoms with Gasteiger partial charge in [-0.3, -0.25) is 9.89 Å². The molecule has 2 rings (SSSR count). The minimum atomic E-state index is -2.86. The first-order valence-electron chi connectivity index (χ1n) is 5.61. The molecule has 1 unspecified atom stereocenters. The van der Waals surface area contributed by atoms with Crippen LogP contribution in [-0.4, -0.2) is 47.0 Å². The Balaban J connectivity index is 1.66. The molecule has 100 valence electrons. The van der Waals surface area contributed by atoms with Gasteiger partial charge in [0.15, 0.2) is 9.84 Å². The summed E-state index contributed by atoms with van der Waals surface area (Å²) in [7, 11) is -2.86. The van der Waals surface area contributed by atoms with E-state index in [-0.39, 0.29) is 22.7 Å². The average molecular weight is 289 g/mol. The highest BCUT2D eigenvalue weighted by atomic mass is 32.2. The molecule has 1 fully saturated rings. The Labute approximate surface area is 110 Å². The Morgan fingerprint density at radius 3 is 3.06 bits per heavy atom. The van der Waals surface area contributed by atoms with E-state index < -0.39 is 9.84 Å². The van der Waals surface area contributed by atoms with Crippen molar-refractivity contribution < 1.29 is 13.2 Å². The van der Waals surface area contributed by atoms with Crippen molar-refractivity contribution in [1.82, 2.24) is 15.5 Å². The highest BCUT2D eigenvalue weighted by molar-refractivity contribution is 8.02. The molecule has 1 aliphatic heterocycles. The van der Waals surface area contributed by atoms with Gasteiger partial charge in [0.2, 0.25) is 5.91 Å². The molecule has 8 heteroatoms. The van der Waals surface area contributed by atoms with E-state index in [4.69, 9.17) is 0 Å². The lowest BCUT2D eigenvalue weighted by Gasteiger charge is -2.07. The number of carbonyl (C=O) groups is 1. The quantitative estimate of drug-likeness (QED) is 0.792. The van der Waals surface area contributed by atoms with Crippen LogP contribution in [0.3, 0.4) is 0 Å². The van der Waals surface area contributed by atoms with Gasteiger partial charge >= 0.3 is 0 Å². The predicted octanol–water partition coefficient (Wildman–Crippen LogP) is -0.0538. The van der Waals surface area contributed by atoms with E-state index >= 15 is 0 Å². The molecule has 1 aromatic heterocycles. The number of aromatic amines is 1. The minimum Gasteiger partial charge on any atom is -0.351 e. The molecule has 2 N–H and O–H groups in total. The summed E-state index contributed by atoms with van der Waals surface area (Å²) in [5.74, 6) is 0.678. The van der Waals surface area contributed by atoms with Crippen molar-refractivity contribution in [2.75, 3.05) is 17.3 Å². The molecule has 1 aliphatic rings. The Morgan fingerprint density at radius 1 is 1.61 bits per heavy atom. The number of nitrogens with one attached hydrogen (secondary N) is 2. The number of hydrogen-bond acceptors (Lipinski definition) is 5. The third kappa shape index (κ3) is 4.02. The molecule has 2 heterocycles. The molecule has 0 spiro atoms. The van der Waals surface area contributed by atoms with Crippen molar-refractivity contribution in [1.29, 1.82) is 0 Å². The molecular weight excluding hydrogens is 274 g/mol. The smallest absolute Gasteiger partial charge is 0.230 e.